The number of carboxylic acids is 1. The molecule has 0 heterocycles. The Hall–Kier alpha value is -1.12. The smallest absolute Gasteiger partial charge is 0.338 e. The summed E-state index contributed by atoms with van der Waals surface area (Å²) in [4.78, 5) is 10.3. The maximum atomic E-state index is 12.8. The third-order valence-corrected chi connectivity index (χ3v) is 3.43. The van der Waals surface area contributed by atoms with E-state index in [-0.39, 0.29) is 6.42 Å². The van der Waals surface area contributed by atoms with Crippen molar-refractivity contribution in [3.05, 3.63) is 24.3 Å². The molecule has 0 radical (unpaired) electrons. The average Bonchev–Trinajstić information content (AvgIpc) is 2.47. The Morgan fingerprint density at radius 3 is 2.10 bits per heavy atom. The zero-order valence-electron chi connectivity index (χ0n) is 13.4. The molecule has 0 spiro atoms. The first-order chi connectivity index (χ1) is 10.2. The van der Waals surface area contributed by atoms with E-state index in [4.69, 9.17) is 5.11 Å². The number of halogens is 1. The van der Waals surface area contributed by atoms with Crippen molar-refractivity contribution >= 4 is 5.97 Å². The molecule has 0 aromatic heterocycles. The number of unbranched alkanes of at least 4 members (excludes halogenated alkanes) is 7. The third kappa shape index (κ3) is 15.1. The van der Waals surface area contributed by atoms with E-state index in [0.29, 0.717) is 6.42 Å². The second-order valence-corrected chi connectivity index (χ2v) is 5.47. The Kier molecular flexibility index (Phi) is 14.5. The molecule has 0 aliphatic heterocycles. The molecule has 0 aliphatic rings. The van der Waals surface area contributed by atoms with E-state index in [1.807, 2.05) is 0 Å². The number of hydrogen-bond donors (Lipinski definition) is 1. The summed E-state index contributed by atoms with van der Waals surface area (Å²) in [7, 11) is 0. The first-order valence-electron chi connectivity index (χ1n) is 8.35. The van der Waals surface area contributed by atoms with Gasteiger partial charge in [-0.25, -0.2) is 9.18 Å². The van der Waals surface area contributed by atoms with Gasteiger partial charge in [0.05, 0.1) is 0 Å². The van der Waals surface area contributed by atoms with Crippen molar-refractivity contribution in [2.24, 2.45) is 0 Å². The van der Waals surface area contributed by atoms with Crippen molar-refractivity contribution in [3.63, 3.8) is 0 Å². The third-order valence-electron chi connectivity index (χ3n) is 3.43. The number of carboxylic acid groups (broad SMARTS) is 1. The van der Waals surface area contributed by atoms with E-state index >= 15 is 0 Å². The minimum atomic E-state index is -1.69. The van der Waals surface area contributed by atoms with Crippen LogP contribution in [0.1, 0.15) is 77.6 Å². The number of alkyl halides is 1. The number of carbonyl (C=O) groups is 1. The highest BCUT2D eigenvalue weighted by Gasteiger charge is 2.13. The van der Waals surface area contributed by atoms with E-state index in [1.54, 1.807) is 0 Å². The highest BCUT2D eigenvalue weighted by molar-refractivity contribution is 5.71. The van der Waals surface area contributed by atoms with Crippen molar-refractivity contribution in [1.82, 2.24) is 0 Å². The van der Waals surface area contributed by atoms with Crippen molar-refractivity contribution in [2.75, 3.05) is 0 Å². The average molecular weight is 298 g/mol. The normalized spacial score (nSPS) is 13.2. The fraction of sp³-hybridized carbons (Fsp3) is 0.722. The molecule has 1 unspecified atom stereocenters. The molecule has 1 atom stereocenters. The first-order valence-corrected chi connectivity index (χ1v) is 8.35. The summed E-state index contributed by atoms with van der Waals surface area (Å²) in [6, 6.07) is 0. The summed E-state index contributed by atoms with van der Waals surface area (Å²) in [6.07, 6.45) is 18.2. The molecule has 0 saturated carbocycles. The second kappa shape index (κ2) is 15.3. The van der Waals surface area contributed by atoms with Crippen LogP contribution in [0, 0.1) is 0 Å². The van der Waals surface area contributed by atoms with E-state index in [0.717, 1.165) is 32.1 Å². The number of allylic oxidation sites excluding steroid dienone is 4. The number of hydrogen-bond acceptors (Lipinski definition) is 1. The van der Waals surface area contributed by atoms with Gasteiger partial charge in [-0.05, 0) is 44.9 Å². The van der Waals surface area contributed by atoms with E-state index < -0.39 is 12.1 Å². The van der Waals surface area contributed by atoms with E-state index in [2.05, 4.69) is 31.2 Å². The number of rotatable bonds is 14. The molecule has 0 saturated heterocycles. The van der Waals surface area contributed by atoms with Crippen LogP contribution in [0.25, 0.3) is 0 Å². The predicted molar refractivity (Wildman–Crippen MR) is 87.3 cm³/mol. The Morgan fingerprint density at radius 2 is 1.52 bits per heavy atom. The Bertz CT molecular complexity index is 298. The van der Waals surface area contributed by atoms with Gasteiger partial charge in [0.1, 0.15) is 0 Å². The lowest BCUT2D eigenvalue weighted by atomic mass is 10.1. The summed E-state index contributed by atoms with van der Waals surface area (Å²) >= 11 is 0. The van der Waals surface area contributed by atoms with Gasteiger partial charge in [0.25, 0.3) is 0 Å². The summed E-state index contributed by atoms with van der Waals surface area (Å²) in [6.45, 7) is 2.22. The Balaban J connectivity index is 3.27. The summed E-state index contributed by atoms with van der Waals surface area (Å²) < 4.78 is 12.8. The van der Waals surface area contributed by atoms with Gasteiger partial charge in [0.2, 0.25) is 0 Å². The Morgan fingerprint density at radius 1 is 0.952 bits per heavy atom. The largest absolute Gasteiger partial charge is 0.479 e. The summed E-state index contributed by atoms with van der Waals surface area (Å²) in [5, 5.41) is 8.40. The van der Waals surface area contributed by atoms with Crippen molar-refractivity contribution in [1.29, 1.82) is 0 Å². The monoisotopic (exact) mass is 298 g/mol. The molecule has 0 bridgehead atoms. The van der Waals surface area contributed by atoms with Crippen LogP contribution in [-0.2, 0) is 4.79 Å². The lowest BCUT2D eigenvalue weighted by Crippen LogP contribution is -2.13. The molecule has 0 aromatic rings. The van der Waals surface area contributed by atoms with Gasteiger partial charge < -0.3 is 5.11 Å². The number of aliphatic carboxylic acids is 1. The fourth-order valence-corrected chi connectivity index (χ4v) is 2.08. The molecule has 0 rings (SSSR count). The minimum absolute atomic E-state index is 0.147. The lowest BCUT2D eigenvalue weighted by Gasteiger charge is -2.02. The van der Waals surface area contributed by atoms with Gasteiger partial charge >= 0.3 is 5.97 Å². The van der Waals surface area contributed by atoms with Gasteiger partial charge in [0, 0.05) is 0 Å². The van der Waals surface area contributed by atoms with Crippen molar-refractivity contribution < 1.29 is 14.3 Å². The topological polar surface area (TPSA) is 37.3 Å². The molecule has 0 aliphatic carbocycles. The molecule has 0 aromatic carbocycles. The molecule has 2 nitrogen and oxygen atoms in total. The quantitative estimate of drug-likeness (QED) is 0.323. The molecular weight excluding hydrogens is 267 g/mol. The molecule has 122 valence electrons. The molecule has 3 heteroatoms. The van der Waals surface area contributed by atoms with Crippen LogP contribution in [0.2, 0.25) is 0 Å². The maximum absolute atomic E-state index is 12.8. The zero-order chi connectivity index (χ0) is 15.8. The van der Waals surface area contributed by atoms with Crippen LogP contribution in [0.5, 0.6) is 0 Å². The van der Waals surface area contributed by atoms with Gasteiger partial charge in [0.15, 0.2) is 6.17 Å². The van der Waals surface area contributed by atoms with Crippen LogP contribution < -0.4 is 0 Å². The van der Waals surface area contributed by atoms with Crippen LogP contribution in [0.15, 0.2) is 24.3 Å². The van der Waals surface area contributed by atoms with Crippen molar-refractivity contribution in [3.8, 4) is 0 Å². The maximum Gasteiger partial charge on any atom is 0.338 e. The molecule has 0 fully saturated rings. The van der Waals surface area contributed by atoms with Gasteiger partial charge in [-0.15, -0.1) is 0 Å². The highest BCUT2D eigenvalue weighted by atomic mass is 19.1. The molecular formula is C18H31FO2. The minimum Gasteiger partial charge on any atom is -0.479 e. The van der Waals surface area contributed by atoms with Crippen molar-refractivity contribution in [2.45, 2.75) is 83.7 Å². The fourth-order valence-electron chi connectivity index (χ4n) is 2.08. The predicted octanol–water partition coefficient (Wildman–Crippen LogP) is 5.83. The summed E-state index contributed by atoms with van der Waals surface area (Å²) in [5.74, 6) is -1.33. The van der Waals surface area contributed by atoms with Crippen LogP contribution >= 0.6 is 0 Å². The van der Waals surface area contributed by atoms with E-state index in [9.17, 15) is 9.18 Å². The second-order valence-electron chi connectivity index (χ2n) is 5.47. The van der Waals surface area contributed by atoms with Crippen LogP contribution in [-0.4, -0.2) is 17.2 Å². The lowest BCUT2D eigenvalue weighted by molar-refractivity contribution is -0.143. The van der Waals surface area contributed by atoms with E-state index in [1.165, 1.54) is 25.7 Å². The Labute approximate surface area is 129 Å². The molecule has 21 heavy (non-hydrogen) atoms. The molecule has 0 amide bonds. The molecule has 1 N–H and O–H groups in total. The highest BCUT2D eigenvalue weighted by Crippen LogP contribution is 2.10. The zero-order valence-corrected chi connectivity index (χ0v) is 13.4. The van der Waals surface area contributed by atoms with Gasteiger partial charge in [-0.1, -0.05) is 56.9 Å². The van der Waals surface area contributed by atoms with Crippen LogP contribution in [0.3, 0.4) is 0 Å². The van der Waals surface area contributed by atoms with Crippen LogP contribution in [0.4, 0.5) is 4.39 Å². The standard InChI is InChI=1S/C18H31FO2/c1-2-3-4-5-6-7-8-9-10-11-12-13-14-15-16-17(19)18(20)21/h6-7,9-10,17H,2-5,8,11-16H2,1H3,(H,20,21)/b7-6-,10-9-. The summed E-state index contributed by atoms with van der Waals surface area (Å²) in [5.41, 5.74) is 0. The first kappa shape index (κ1) is 19.9. The van der Waals surface area contributed by atoms with Gasteiger partial charge in [-0.2, -0.15) is 0 Å². The van der Waals surface area contributed by atoms with Gasteiger partial charge in [-0.3, -0.25) is 0 Å². The SMILES string of the molecule is CCCCC/C=C\C/C=C\CCCCCCC(F)C(=O)O.